The second kappa shape index (κ2) is 12.8. The van der Waals surface area contributed by atoms with Gasteiger partial charge < -0.3 is 9.71 Å². The molecule has 0 aliphatic carbocycles. The third kappa shape index (κ3) is 4.74. The van der Waals surface area contributed by atoms with E-state index < -0.39 is 0 Å². The van der Waals surface area contributed by atoms with E-state index in [0.29, 0.717) is 23.7 Å². The molecule has 60 heavy (non-hydrogen) atoms. The van der Waals surface area contributed by atoms with Crippen molar-refractivity contribution in [2.24, 2.45) is 0 Å². The smallest absolute Gasteiger partial charge is 0.330 e. The molecule has 0 fully saturated rings. The Bertz CT molecular complexity index is 3140. The summed E-state index contributed by atoms with van der Waals surface area (Å²) in [4.78, 5) is 5.42. The number of hydrogen-bond donors (Lipinski definition) is 0. The first-order valence-electron chi connectivity index (χ1n) is 22.4. The Hall–Kier alpha value is -5.99. The summed E-state index contributed by atoms with van der Waals surface area (Å²) in [6, 6.07) is 52.7. The van der Waals surface area contributed by atoms with Crippen molar-refractivity contribution in [2.45, 2.75) is 79.1 Å². The van der Waals surface area contributed by atoms with Crippen LogP contribution in [0.1, 0.15) is 101 Å². The maximum Gasteiger partial charge on any atom is 0.330 e. The molecular formula is C56H50B2N2. The van der Waals surface area contributed by atoms with Crippen LogP contribution in [0, 0.1) is 0 Å². The second-order valence-corrected chi connectivity index (χ2v) is 19.2. The summed E-state index contributed by atoms with van der Waals surface area (Å²) in [5.41, 5.74) is 24.7. The predicted octanol–water partition coefficient (Wildman–Crippen LogP) is 12.0. The first kappa shape index (κ1) is 35.9. The molecule has 4 aliphatic rings. The van der Waals surface area contributed by atoms with Crippen LogP contribution < -0.4 is 37.0 Å². The van der Waals surface area contributed by atoms with Gasteiger partial charge in [0.15, 0.2) is 0 Å². The van der Waals surface area contributed by atoms with Gasteiger partial charge in [-0.3, -0.25) is 0 Å². The Morgan fingerprint density at radius 3 is 1.63 bits per heavy atom. The van der Waals surface area contributed by atoms with Gasteiger partial charge in [0.05, 0.1) is 0 Å². The van der Waals surface area contributed by atoms with Crippen molar-refractivity contribution >= 4 is 90.9 Å². The second-order valence-electron chi connectivity index (χ2n) is 19.2. The highest BCUT2D eigenvalue weighted by Gasteiger charge is 2.53. The molecule has 2 nitrogen and oxygen atoms in total. The largest absolute Gasteiger partial charge is 0.377 e. The average Bonchev–Trinajstić information content (AvgIpc) is 3.26. The molecule has 0 N–H and O–H groups in total. The van der Waals surface area contributed by atoms with E-state index in [1.807, 2.05) is 0 Å². The maximum atomic E-state index is 2.84. The van der Waals surface area contributed by atoms with Crippen molar-refractivity contribution in [1.29, 1.82) is 0 Å². The van der Waals surface area contributed by atoms with Crippen molar-refractivity contribution in [1.82, 2.24) is 0 Å². The van der Waals surface area contributed by atoms with Crippen molar-refractivity contribution in [2.75, 3.05) is 9.71 Å². The molecule has 4 aliphatic heterocycles. The first-order valence-corrected chi connectivity index (χ1v) is 22.4. The summed E-state index contributed by atoms with van der Waals surface area (Å²) in [7, 11) is 0. The topological polar surface area (TPSA) is 6.48 Å². The number of hydrogen-bond acceptors (Lipinski definition) is 2. The minimum Gasteiger partial charge on any atom is -0.377 e. The Kier molecular flexibility index (Phi) is 7.64. The molecule has 0 radical (unpaired) electrons. The minimum atomic E-state index is 0.00137. The van der Waals surface area contributed by atoms with E-state index in [9.17, 15) is 0 Å². The molecule has 0 amide bonds. The first-order chi connectivity index (χ1) is 29.1. The predicted molar refractivity (Wildman–Crippen MR) is 262 cm³/mol. The number of fused-ring (bicyclic) bond motifs is 14. The van der Waals surface area contributed by atoms with Crippen LogP contribution in [0.2, 0.25) is 0 Å². The molecule has 0 atom stereocenters. The van der Waals surface area contributed by atoms with Gasteiger partial charge in [-0.05, 0) is 136 Å². The molecule has 0 spiro atoms. The van der Waals surface area contributed by atoms with Crippen LogP contribution in [0.4, 0.5) is 28.4 Å². The van der Waals surface area contributed by atoms with E-state index in [0.717, 1.165) is 0 Å². The van der Waals surface area contributed by atoms with E-state index in [-0.39, 0.29) is 13.6 Å². The monoisotopic (exact) mass is 772 g/mol. The van der Waals surface area contributed by atoms with Crippen LogP contribution in [0.3, 0.4) is 0 Å². The molecule has 0 saturated carbocycles. The van der Waals surface area contributed by atoms with Gasteiger partial charge in [-0.2, -0.15) is 0 Å². The number of nitrogens with zero attached hydrogens (tertiary/aromatic N) is 2. The number of rotatable bonds is 5. The fraction of sp³-hybridized carbons (Fsp3) is 0.214. The third-order valence-corrected chi connectivity index (χ3v) is 14.5. The average molecular weight is 773 g/mol. The molecule has 8 aromatic rings. The minimum absolute atomic E-state index is 0.00137. The highest BCUT2D eigenvalue weighted by Crippen LogP contribution is 2.53. The van der Waals surface area contributed by atoms with Crippen molar-refractivity contribution in [3.05, 3.63) is 156 Å². The molecule has 0 saturated heterocycles. The fourth-order valence-corrected chi connectivity index (χ4v) is 11.5. The molecule has 0 bridgehead atoms. The van der Waals surface area contributed by atoms with Gasteiger partial charge in [-0.15, -0.1) is 0 Å². The molecule has 4 heterocycles. The summed E-state index contributed by atoms with van der Waals surface area (Å²) in [5, 5.41) is 5.37. The van der Waals surface area contributed by atoms with E-state index in [1.54, 1.807) is 0 Å². The lowest BCUT2D eigenvalue weighted by atomic mass is 9.30. The van der Waals surface area contributed by atoms with E-state index >= 15 is 0 Å². The maximum absolute atomic E-state index is 2.84. The molecule has 12 rings (SSSR count). The van der Waals surface area contributed by atoms with Crippen LogP contribution in [0.25, 0.3) is 43.8 Å². The van der Waals surface area contributed by atoms with Crippen molar-refractivity contribution in [3.8, 4) is 22.3 Å². The zero-order valence-electron chi connectivity index (χ0n) is 36.1. The van der Waals surface area contributed by atoms with Crippen LogP contribution >= 0.6 is 0 Å². The Balaban J connectivity index is 1.29. The van der Waals surface area contributed by atoms with E-state index in [2.05, 4.69) is 199 Å². The molecule has 8 aromatic carbocycles. The highest BCUT2D eigenvalue weighted by molar-refractivity contribution is 7.04. The molecule has 4 heteroatoms. The van der Waals surface area contributed by atoms with Gasteiger partial charge in [0.25, 0.3) is 6.71 Å². The Morgan fingerprint density at radius 1 is 0.400 bits per heavy atom. The van der Waals surface area contributed by atoms with Gasteiger partial charge in [0.1, 0.15) is 0 Å². The molecule has 290 valence electrons. The van der Waals surface area contributed by atoms with E-state index in [4.69, 9.17) is 0 Å². The highest BCUT2D eigenvalue weighted by atomic mass is 15.2. The van der Waals surface area contributed by atoms with Gasteiger partial charge in [-0.1, -0.05) is 159 Å². The zero-order chi connectivity index (χ0) is 40.9. The van der Waals surface area contributed by atoms with Gasteiger partial charge >= 0.3 is 6.85 Å². The van der Waals surface area contributed by atoms with Crippen molar-refractivity contribution < 1.29 is 0 Å². The summed E-state index contributed by atoms with van der Waals surface area (Å²) >= 11 is 0. The van der Waals surface area contributed by atoms with Crippen LogP contribution in [-0.4, -0.2) is 13.6 Å². The SMILES string of the molecule is CC(C)c1ccc(N2c3ccc(C(C)C)cc3B3c4cc(C(C)C)cc5c4N4B(c6cc(C(C)C)ccc6-c6ccc2c3c64)c2c-5c3ccccc3c3ccccc23)cc1. The van der Waals surface area contributed by atoms with Crippen LogP contribution in [0.5, 0.6) is 0 Å². The van der Waals surface area contributed by atoms with Gasteiger partial charge in [0, 0.05) is 39.6 Å². The summed E-state index contributed by atoms with van der Waals surface area (Å²) < 4.78 is 0. The van der Waals surface area contributed by atoms with Crippen molar-refractivity contribution in [3.63, 3.8) is 0 Å². The lowest BCUT2D eigenvalue weighted by Crippen LogP contribution is -2.69. The van der Waals surface area contributed by atoms with Gasteiger partial charge in [-0.25, -0.2) is 0 Å². The lowest BCUT2D eigenvalue weighted by molar-refractivity contribution is 0.866. The molecule has 0 unspecified atom stereocenters. The Labute approximate surface area is 356 Å². The molecular weight excluding hydrogens is 722 g/mol. The molecule has 0 aromatic heterocycles. The van der Waals surface area contributed by atoms with Crippen LogP contribution in [-0.2, 0) is 0 Å². The summed E-state index contributed by atoms with van der Waals surface area (Å²) in [6.07, 6.45) is 0. The Morgan fingerprint density at radius 2 is 0.950 bits per heavy atom. The number of benzene rings is 8. The quantitative estimate of drug-likeness (QED) is 0.127. The van der Waals surface area contributed by atoms with Crippen LogP contribution in [0.15, 0.2) is 133 Å². The normalized spacial score (nSPS) is 14.1. The third-order valence-electron chi connectivity index (χ3n) is 14.5. The summed E-state index contributed by atoms with van der Waals surface area (Å²) in [6.45, 7) is 18.7. The fourth-order valence-electron chi connectivity index (χ4n) is 11.5. The number of anilines is 5. The lowest BCUT2D eigenvalue weighted by Gasteiger charge is -2.52. The van der Waals surface area contributed by atoms with E-state index in [1.165, 1.54) is 122 Å². The van der Waals surface area contributed by atoms with Gasteiger partial charge in [0.2, 0.25) is 0 Å². The zero-order valence-corrected chi connectivity index (χ0v) is 36.1. The summed E-state index contributed by atoms with van der Waals surface area (Å²) in [5.74, 6) is 1.67. The standard InChI is InChI=1S/C56H50B2N2/c1-31(2)35-17-21-39(22-18-35)59-50-25-20-37(33(5)6)29-48(50)57-49-30-38(34(7)8)27-46-52-43-15-11-9-13-40(43)41-14-10-12-16-44(41)53(52)58-47-28-36(32(3)4)19-23-42(47)45-24-26-51(59)54(57)56(45)60(58)55(46)49/h9-34H,1-8H3.